The summed E-state index contributed by atoms with van der Waals surface area (Å²) in [7, 11) is -2.66. The highest BCUT2D eigenvalue weighted by Gasteiger charge is 2.31. The molecule has 3 aromatic rings. The van der Waals surface area contributed by atoms with Crippen molar-refractivity contribution in [3.05, 3.63) is 95.6 Å². The zero-order chi connectivity index (χ0) is 20.1. The van der Waals surface area contributed by atoms with Gasteiger partial charge in [0.2, 0.25) is 0 Å². The van der Waals surface area contributed by atoms with Crippen molar-refractivity contribution in [2.24, 2.45) is 0 Å². The maximum absolute atomic E-state index is 13.1. The highest BCUT2D eigenvalue weighted by Crippen LogP contribution is 2.26. The first-order valence-corrected chi connectivity index (χ1v) is 11.6. The van der Waals surface area contributed by atoms with Crippen LogP contribution in [0.1, 0.15) is 23.6 Å². The van der Waals surface area contributed by atoms with E-state index in [1.807, 2.05) is 99.6 Å². The second-order valence-corrected chi connectivity index (χ2v) is 9.85. The SMILES string of the molecule is Cc1ccc(S(=O)C[C@@](C)(NS(=O)c2ccc(C)cc2)c2ccccc2)cc1. The largest absolute Gasteiger partial charge is 0.254 e. The molecule has 146 valence electrons. The zero-order valence-electron chi connectivity index (χ0n) is 16.3. The summed E-state index contributed by atoms with van der Waals surface area (Å²) in [4.78, 5) is 1.48. The summed E-state index contributed by atoms with van der Waals surface area (Å²) in [5, 5.41) is 0. The van der Waals surface area contributed by atoms with E-state index < -0.39 is 27.3 Å². The van der Waals surface area contributed by atoms with Gasteiger partial charge in [-0.2, -0.15) is 0 Å². The van der Waals surface area contributed by atoms with Gasteiger partial charge in [0.25, 0.3) is 0 Å². The van der Waals surface area contributed by atoms with E-state index in [0.29, 0.717) is 10.6 Å². The molecule has 28 heavy (non-hydrogen) atoms. The van der Waals surface area contributed by atoms with Gasteiger partial charge in [-0.1, -0.05) is 65.7 Å². The van der Waals surface area contributed by atoms with Gasteiger partial charge in [0.05, 0.1) is 27.0 Å². The third-order valence-electron chi connectivity index (χ3n) is 4.67. The predicted molar refractivity (Wildman–Crippen MR) is 117 cm³/mol. The molecule has 1 N–H and O–H groups in total. The highest BCUT2D eigenvalue weighted by molar-refractivity contribution is 7.85. The van der Waals surface area contributed by atoms with Crippen molar-refractivity contribution in [3.8, 4) is 0 Å². The van der Waals surface area contributed by atoms with Gasteiger partial charge in [-0.25, -0.2) is 8.93 Å². The topological polar surface area (TPSA) is 46.2 Å². The second kappa shape index (κ2) is 8.95. The molecule has 3 nitrogen and oxygen atoms in total. The number of nitrogens with one attached hydrogen (secondary N) is 1. The first kappa shape index (κ1) is 20.6. The number of benzene rings is 3. The van der Waals surface area contributed by atoms with Crippen molar-refractivity contribution in [1.29, 1.82) is 0 Å². The minimum atomic E-state index is -1.42. The molecule has 5 heteroatoms. The van der Waals surface area contributed by atoms with E-state index in [9.17, 15) is 8.42 Å². The smallest absolute Gasteiger partial charge is 0.125 e. The summed E-state index contributed by atoms with van der Waals surface area (Å²) in [5.74, 6) is 0.317. The summed E-state index contributed by atoms with van der Waals surface area (Å²) < 4.78 is 29.3. The average molecular weight is 412 g/mol. The lowest BCUT2D eigenvalue weighted by Gasteiger charge is -2.30. The van der Waals surface area contributed by atoms with E-state index >= 15 is 0 Å². The lowest BCUT2D eigenvalue weighted by atomic mass is 9.96. The third kappa shape index (κ3) is 5.04. The maximum Gasteiger partial charge on any atom is 0.125 e. The van der Waals surface area contributed by atoms with Crippen molar-refractivity contribution in [1.82, 2.24) is 4.72 Å². The molecule has 0 aromatic heterocycles. The standard InChI is InChI=1S/C23H25NO2S2/c1-18-9-13-21(14-10-18)27(25)17-23(3,20-7-5-4-6-8-20)24-28(26)22-15-11-19(2)12-16-22/h4-16,24H,17H2,1-3H3/t23-,27?,28?/m1/s1. The molecule has 0 radical (unpaired) electrons. The van der Waals surface area contributed by atoms with Crippen LogP contribution in [0, 0.1) is 13.8 Å². The Hall–Kier alpha value is -2.08. The number of aryl methyl sites for hydroxylation is 2. The Morgan fingerprint density at radius 1 is 0.750 bits per heavy atom. The highest BCUT2D eigenvalue weighted by atomic mass is 32.2. The Bertz CT molecular complexity index is 908. The monoisotopic (exact) mass is 411 g/mol. The van der Waals surface area contributed by atoms with Crippen LogP contribution >= 0.6 is 0 Å². The van der Waals surface area contributed by atoms with Crippen LogP contribution in [0.4, 0.5) is 0 Å². The van der Waals surface area contributed by atoms with E-state index in [0.717, 1.165) is 21.6 Å². The second-order valence-electron chi connectivity index (χ2n) is 7.18. The number of hydrogen-bond acceptors (Lipinski definition) is 2. The maximum atomic E-state index is 13.1. The van der Waals surface area contributed by atoms with Crippen molar-refractivity contribution in [2.75, 3.05) is 5.75 Å². The Morgan fingerprint density at radius 2 is 1.25 bits per heavy atom. The van der Waals surface area contributed by atoms with Crippen molar-refractivity contribution >= 4 is 21.8 Å². The number of rotatable bonds is 7. The molecule has 3 atom stereocenters. The third-order valence-corrected chi connectivity index (χ3v) is 7.64. The number of hydrogen-bond donors (Lipinski definition) is 1. The summed E-state index contributed by atoms with van der Waals surface area (Å²) in [6.45, 7) is 5.96. The molecule has 0 bridgehead atoms. The van der Waals surface area contributed by atoms with Crippen LogP contribution in [0.15, 0.2) is 88.7 Å². The molecule has 0 aliphatic rings. The lowest BCUT2D eigenvalue weighted by molar-refractivity contribution is 0.499. The fourth-order valence-corrected chi connectivity index (χ4v) is 5.50. The summed E-state index contributed by atoms with van der Waals surface area (Å²) in [6, 6.07) is 25.1. The summed E-state index contributed by atoms with van der Waals surface area (Å²) in [5.41, 5.74) is 2.49. The molecule has 0 heterocycles. The summed E-state index contributed by atoms with van der Waals surface area (Å²) in [6.07, 6.45) is 0. The molecule has 3 aromatic carbocycles. The molecular formula is C23H25NO2S2. The van der Waals surface area contributed by atoms with Gasteiger partial charge < -0.3 is 0 Å². The first-order valence-electron chi connectivity index (χ1n) is 9.14. The molecule has 0 aliphatic heterocycles. The Morgan fingerprint density at radius 3 is 1.79 bits per heavy atom. The van der Waals surface area contributed by atoms with E-state index in [1.165, 1.54) is 0 Å². The Labute approximate surface area is 172 Å². The Kier molecular flexibility index (Phi) is 6.60. The van der Waals surface area contributed by atoms with E-state index in [1.54, 1.807) is 0 Å². The van der Waals surface area contributed by atoms with E-state index in [4.69, 9.17) is 0 Å². The molecule has 2 unspecified atom stereocenters. The molecule has 0 fully saturated rings. The quantitative estimate of drug-likeness (QED) is 0.616. The molecular weight excluding hydrogens is 386 g/mol. The van der Waals surface area contributed by atoms with Crippen LogP contribution in [0.25, 0.3) is 0 Å². The fraction of sp³-hybridized carbons (Fsp3) is 0.217. The van der Waals surface area contributed by atoms with Crippen LogP contribution in [0.2, 0.25) is 0 Å². The molecule has 0 saturated heterocycles. The normalized spacial score (nSPS) is 15.5. The molecule has 0 spiro atoms. The Balaban J connectivity index is 1.89. The van der Waals surface area contributed by atoms with E-state index in [2.05, 4.69) is 4.72 Å². The van der Waals surface area contributed by atoms with Crippen LogP contribution in [0.3, 0.4) is 0 Å². The summed E-state index contributed by atoms with van der Waals surface area (Å²) >= 11 is 0. The van der Waals surface area contributed by atoms with Gasteiger partial charge in [0.1, 0.15) is 11.0 Å². The molecule has 0 aliphatic carbocycles. The fourth-order valence-electron chi connectivity index (χ4n) is 2.94. The van der Waals surface area contributed by atoms with Gasteiger partial charge in [-0.3, -0.25) is 4.21 Å². The molecule has 0 saturated carbocycles. The van der Waals surface area contributed by atoms with Crippen LogP contribution in [-0.4, -0.2) is 14.2 Å². The van der Waals surface area contributed by atoms with Gasteiger partial charge in [-0.15, -0.1) is 0 Å². The van der Waals surface area contributed by atoms with Gasteiger partial charge in [-0.05, 0) is 50.6 Å². The van der Waals surface area contributed by atoms with E-state index in [-0.39, 0.29) is 0 Å². The van der Waals surface area contributed by atoms with Crippen LogP contribution in [-0.2, 0) is 27.3 Å². The lowest BCUT2D eigenvalue weighted by Crippen LogP contribution is -2.45. The van der Waals surface area contributed by atoms with Gasteiger partial charge >= 0.3 is 0 Å². The predicted octanol–water partition coefficient (Wildman–Crippen LogP) is 4.64. The van der Waals surface area contributed by atoms with Crippen molar-refractivity contribution < 1.29 is 8.42 Å². The molecule has 0 amide bonds. The van der Waals surface area contributed by atoms with Crippen molar-refractivity contribution in [2.45, 2.75) is 36.1 Å². The zero-order valence-corrected chi connectivity index (χ0v) is 18.0. The first-order chi connectivity index (χ1) is 13.4. The minimum Gasteiger partial charge on any atom is -0.254 e. The van der Waals surface area contributed by atoms with Crippen LogP contribution < -0.4 is 4.72 Å². The van der Waals surface area contributed by atoms with Gasteiger partial charge in [0, 0.05) is 4.90 Å². The van der Waals surface area contributed by atoms with Gasteiger partial charge in [0.15, 0.2) is 0 Å². The van der Waals surface area contributed by atoms with Crippen LogP contribution in [0.5, 0.6) is 0 Å². The average Bonchev–Trinajstić information content (AvgIpc) is 2.69. The van der Waals surface area contributed by atoms with Crippen molar-refractivity contribution in [3.63, 3.8) is 0 Å². The molecule has 3 rings (SSSR count). The minimum absolute atomic E-state index is 0.317.